The number of aromatic nitrogens is 1. The van der Waals surface area contributed by atoms with E-state index < -0.39 is 0 Å². The third kappa shape index (κ3) is 5.87. The second-order valence-corrected chi connectivity index (χ2v) is 6.60. The molecule has 6 nitrogen and oxygen atoms in total. The lowest BCUT2D eigenvalue weighted by atomic mass is 10.2. The number of guanidine groups is 1. The Morgan fingerprint density at radius 2 is 2.12 bits per heavy atom. The van der Waals surface area contributed by atoms with Crippen LogP contribution >= 0.6 is 11.3 Å². The van der Waals surface area contributed by atoms with Crippen LogP contribution in [0, 0.1) is 5.82 Å². The molecule has 0 aliphatic heterocycles. The lowest BCUT2D eigenvalue weighted by Gasteiger charge is -2.11. The van der Waals surface area contributed by atoms with Crippen molar-refractivity contribution in [1.82, 2.24) is 15.6 Å². The van der Waals surface area contributed by atoms with Gasteiger partial charge in [-0.3, -0.25) is 0 Å². The number of thiazole rings is 1. The van der Waals surface area contributed by atoms with E-state index in [1.54, 1.807) is 17.4 Å². The summed E-state index contributed by atoms with van der Waals surface area (Å²) in [5.41, 5.74) is 1.74. The van der Waals surface area contributed by atoms with E-state index in [4.69, 9.17) is 4.74 Å². The Morgan fingerprint density at radius 1 is 1.31 bits per heavy atom. The van der Waals surface area contributed by atoms with E-state index in [1.807, 2.05) is 44.3 Å². The topological polar surface area (TPSA) is 61.8 Å². The Morgan fingerprint density at radius 3 is 2.73 bits per heavy atom. The van der Waals surface area contributed by atoms with Crippen molar-refractivity contribution in [3.8, 4) is 5.75 Å². The first-order chi connectivity index (χ1) is 12.5. The quantitative estimate of drug-likeness (QED) is 0.545. The van der Waals surface area contributed by atoms with Crippen molar-refractivity contribution >= 4 is 22.4 Å². The molecule has 0 saturated heterocycles. The zero-order valence-corrected chi connectivity index (χ0v) is 16.5. The first-order valence-electron chi connectivity index (χ1n) is 8.58. The van der Waals surface area contributed by atoms with E-state index in [-0.39, 0.29) is 11.6 Å². The molecule has 1 heterocycles. The molecule has 1 aromatic carbocycles. The van der Waals surface area contributed by atoms with Gasteiger partial charge in [0.15, 0.2) is 22.7 Å². The average molecular weight is 380 g/mol. The second kappa shape index (κ2) is 9.96. The minimum absolute atomic E-state index is 0.269. The van der Waals surface area contributed by atoms with Crippen molar-refractivity contribution in [2.45, 2.75) is 26.9 Å². The molecule has 142 valence electrons. The van der Waals surface area contributed by atoms with Crippen molar-refractivity contribution in [2.75, 3.05) is 32.1 Å². The van der Waals surface area contributed by atoms with E-state index in [9.17, 15) is 4.39 Å². The number of anilines is 1. The number of nitrogens with one attached hydrogen (secondary N) is 2. The van der Waals surface area contributed by atoms with Crippen LogP contribution < -0.4 is 20.3 Å². The summed E-state index contributed by atoms with van der Waals surface area (Å²) in [5.74, 6) is 0.572. The molecule has 0 bridgehead atoms. The number of hydrogen-bond donors (Lipinski definition) is 2. The maximum absolute atomic E-state index is 13.9. The van der Waals surface area contributed by atoms with Gasteiger partial charge in [-0.2, -0.15) is 0 Å². The summed E-state index contributed by atoms with van der Waals surface area (Å²) in [6.07, 6.45) is 0. The van der Waals surface area contributed by atoms with Crippen molar-refractivity contribution in [2.24, 2.45) is 4.99 Å². The molecule has 2 aromatic rings. The lowest BCUT2D eigenvalue weighted by Crippen LogP contribution is -2.36. The first-order valence-corrected chi connectivity index (χ1v) is 9.46. The zero-order chi connectivity index (χ0) is 18.9. The van der Waals surface area contributed by atoms with E-state index in [0.29, 0.717) is 25.7 Å². The zero-order valence-electron chi connectivity index (χ0n) is 15.7. The SMILES string of the molecule is CCNC(=NCc1ccc(OCC)c(F)c1)NCc1csc(N(C)C)n1. The Kier molecular flexibility index (Phi) is 7.65. The van der Waals surface area contributed by atoms with Crippen molar-refractivity contribution < 1.29 is 9.13 Å². The van der Waals surface area contributed by atoms with Gasteiger partial charge in [-0.15, -0.1) is 11.3 Å². The molecule has 0 aliphatic rings. The largest absolute Gasteiger partial charge is 0.491 e. The molecule has 0 unspecified atom stereocenters. The summed E-state index contributed by atoms with van der Waals surface area (Å²) in [6.45, 7) is 5.96. The average Bonchev–Trinajstić information content (AvgIpc) is 3.09. The van der Waals surface area contributed by atoms with Gasteiger partial charge in [-0.25, -0.2) is 14.4 Å². The van der Waals surface area contributed by atoms with Gasteiger partial charge in [-0.1, -0.05) is 6.07 Å². The summed E-state index contributed by atoms with van der Waals surface area (Å²) in [7, 11) is 3.94. The van der Waals surface area contributed by atoms with Crippen LogP contribution in [-0.2, 0) is 13.1 Å². The van der Waals surface area contributed by atoms with Crippen molar-refractivity contribution in [3.05, 3.63) is 40.7 Å². The Balaban J connectivity index is 1.98. The molecule has 0 saturated carbocycles. The highest BCUT2D eigenvalue weighted by Crippen LogP contribution is 2.19. The van der Waals surface area contributed by atoms with Crippen molar-refractivity contribution in [1.29, 1.82) is 0 Å². The highest BCUT2D eigenvalue weighted by Gasteiger charge is 2.06. The third-order valence-electron chi connectivity index (χ3n) is 3.42. The monoisotopic (exact) mass is 379 g/mol. The number of halogens is 1. The molecule has 2 N–H and O–H groups in total. The summed E-state index contributed by atoms with van der Waals surface area (Å²) >= 11 is 1.60. The molecule has 0 spiro atoms. The van der Waals surface area contributed by atoms with Gasteiger partial charge < -0.3 is 20.3 Å². The molecular formula is C18H26FN5OS. The van der Waals surface area contributed by atoms with Gasteiger partial charge in [0.2, 0.25) is 0 Å². The molecular weight excluding hydrogens is 353 g/mol. The first kappa shape index (κ1) is 20.0. The number of aliphatic imine (C=N–C) groups is 1. The predicted octanol–water partition coefficient (Wildman–Crippen LogP) is 3.00. The lowest BCUT2D eigenvalue weighted by molar-refractivity contribution is 0.321. The Hall–Kier alpha value is -2.35. The minimum atomic E-state index is -0.365. The van der Waals surface area contributed by atoms with Crippen LogP contribution in [0.2, 0.25) is 0 Å². The van der Waals surface area contributed by atoms with Gasteiger partial charge in [0.1, 0.15) is 0 Å². The van der Waals surface area contributed by atoms with E-state index in [2.05, 4.69) is 20.6 Å². The summed E-state index contributed by atoms with van der Waals surface area (Å²) in [5, 5.41) is 9.42. The van der Waals surface area contributed by atoms with E-state index in [0.717, 1.165) is 22.9 Å². The standard InChI is InChI=1S/C18H26FN5OS/c1-5-20-17(22-11-14-12-26-18(23-14)24(3)4)21-10-13-7-8-16(25-6-2)15(19)9-13/h7-9,12H,5-6,10-11H2,1-4H3,(H2,20,21,22). The summed E-state index contributed by atoms with van der Waals surface area (Å²) in [4.78, 5) is 11.0. The predicted molar refractivity (Wildman–Crippen MR) is 106 cm³/mol. The van der Waals surface area contributed by atoms with Crippen LogP contribution in [-0.4, -0.2) is 38.2 Å². The molecule has 0 amide bonds. The van der Waals surface area contributed by atoms with Crippen LogP contribution in [0.5, 0.6) is 5.75 Å². The Bertz CT molecular complexity index is 732. The fraction of sp³-hybridized carbons (Fsp3) is 0.444. The molecule has 2 rings (SSSR count). The van der Waals surface area contributed by atoms with Crippen LogP contribution in [0.1, 0.15) is 25.1 Å². The van der Waals surface area contributed by atoms with Gasteiger partial charge in [0.05, 0.1) is 25.4 Å². The highest BCUT2D eigenvalue weighted by molar-refractivity contribution is 7.13. The normalized spacial score (nSPS) is 11.3. The van der Waals surface area contributed by atoms with Crippen LogP contribution in [0.4, 0.5) is 9.52 Å². The molecule has 0 radical (unpaired) electrons. The van der Waals surface area contributed by atoms with Crippen LogP contribution in [0.15, 0.2) is 28.6 Å². The molecule has 0 atom stereocenters. The number of nitrogens with zero attached hydrogens (tertiary/aromatic N) is 3. The minimum Gasteiger partial charge on any atom is -0.491 e. The maximum atomic E-state index is 13.9. The third-order valence-corrected chi connectivity index (χ3v) is 4.48. The van der Waals surface area contributed by atoms with E-state index >= 15 is 0 Å². The second-order valence-electron chi connectivity index (χ2n) is 5.76. The Labute approximate surface area is 158 Å². The van der Waals surface area contributed by atoms with Gasteiger partial charge in [0, 0.05) is 26.0 Å². The number of benzene rings is 1. The van der Waals surface area contributed by atoms with Gasteiger partial charge in [0.25, 0.3) is 0 Å². The summed E-state index contributed by atoms with van der Waals surface area (Å²) < 4.78 is 19.1. The number of ether oxygens (including phenoxy) is 1. The smallest absolute Gasteiger partial charge is 0.191 e. The van der Waals surface area contributed by atoms with Gasteiger partial charge >= 0.3 is 0 Å². The number of hydrogen-bond acceptors (Lipinski definition) is 5. The van der Waals surface area contributed by atoms with Crippen molar-refractivity contribution in [3.63, 3.8) is 0 Å². The molecule has 0 fully saturated rings. The van der Waals surface area contributed by atoms with Crippen LogP contribution in [0.3, 0.4) is 0 Å². The maximum Gasteiger partial charge on any atom is 0.191 e. The van der Waals surface area contributed by atoms with E-state index in [1.165, 1.54) is 6.07 Å². The highest BCUT2D eigenvalue weighted by atomic mass is 32.1. The van der Waals surface area contributed by atoms with Gasteiger partial charge in [-0.05, 0) is 31.5 Å². The fourth-order valence-corrected chi connectivity index (χ4v) is 2.94. The molecule has 0 aliphatic carbocycles. The summed E-state index contributed by atoms with van der Waals surface area (Å²) in [6, 6.07) is 4.93. The molecule has 8 heteroatoms. The fourth-order valence-electron chi connectivity index (χ4n) is 2.18. The van der Waals surface area contributed by atoms with Crippen LogP contribution in [0.25, 0.3) is 0 Å². The molecule has 26 heavy (non-hydrogen) atoms. The number of rotatable bonds is 8. The molecule has 1 aromatic heterocycles.